The van der Waals surface area contributed by atoms with E-state index < -0.39 is 0 Å². The Bertz CT molecular complexity index is 2000. The van der Waals surface area contributed by atoms with Crippen LogP contribution in [0, 0.1) is 0 Å². The molecule has 2 aliphatic heterocycles. The van der Waals surface area contributed by atoms with E-state index in [2.05, 4.69) is 113 Å². The minimum absolute atomic E-state index is 0.00655. The summed E-state index contributed by atoms with van der Waals surface area (Å²) in [5.41, 5.74) is 15.5. The zero-order chi connectivity index (χ0) is 46.1. The molecule has 0 saturated heterocycles. The summed E-state index contributed by atoms with van der Waals surface area (Å²) in [5.74, 6) is 0. The third-order valence-corrected chi connectivity index (χ3v) is 16.6. The zero-order valence-corrected chi connectivity index (χ0v) is 43.8. The summed E-state index contributed by atoms with van der Waals surface area (Å²) in [5, 5.41) is 0. The van der Waals surface area contributed by atoms with Gasteiger partial charge in [-0.25, -0.2) is 0 Å². The van der Waals surface area contributed by atoms with Crippen molar-refractivity contribution in [1.82, 2.24) is 8.75 Å². The van der Waals surface area contributed by atoms with Crippen LogP contribution in [0.5, 0.6) is 0 Å². The molecule has 0 radical (unpaired) electrons. The quantitative estimate of drug-likeness (QED) is 0.0361. The van der Waals surface area contributed by atoms with Crippen LogP contribution in [0.25, 0.3) is 33.3 Å². The van der Waals surface area contributed by atoms with Gasteiger partial charge in [0, 0.05) is 61.1 Å². The van der Waals surface area contributed by atoms with Gasteiger partial charge in [0.25, 0.3) is 0 Å². The topological polar surface area (TPSA) is 31.8 Å². The first kappa shape index (κ1) is 51.2. The van der Waals surface area contributed by atoms with E-state index in [9.17, 15) is 0 Å². The van der Waals surface area contributed by atoms with Crippen LogP contribution < -0.4 is 0 Å². The lowest BCUT2D eigenvalue weighted by molar-refractivity contribution is -0.439. The van der Waals surface area contributed by atoms with E-state index >= 15 is 0 Å². The molecule has 0 bridgehead atoms. The van der Waals surface area contributed by atoms with E-state index in [4.69, 9.17) is 8.75 Å². The average molecular weight is 901 g/mol. The lowest BCUT2D eigenvalue weighted by Gasteiger charge is -2.17. The Balaban J connectivity index is 1.01. The van der Waals surface area contributed by atoms with Crippen LogP contribution in [0.1, 0.15) is 246 Å². The Morgan fingerprint density at radius 2 is 0.692 bits per heavy atom. The fourth-order valence-corrected chi connectivity index (χ4v) is 11.7. The number of aromatic nitrogens is 2. The molecular weight excluding hydrogens is 809 g/mol. The van der Waals surface area contributed by atoms with Crippen molar-refractivity contribution in [2.45, 2.75) is 246 Å². The average Bonchev–Trinajstić information content (AvgIpc) is 3.93. The highest BCUT2D eigenvalue weighted by atomic mass is 32.1. The van der Waals surface area contributed by atoms with Crippen molar-refractivity contribution >= 4 is 45.6 Å². The number of fused-ring (bicyclic) bond motifs is 3. The monoisotopic (exact) mass is 901 g/mol. The molecule has 0 amide bonds. The van der Waals surface area contributed by atoms with Gasteiger partial charge in [-0.3, -0.25) is 0 Å². The third-order valence-electron chi connectivity index (χ3n) is 16.0. The molecule has 5 heteroatoms. The maximum absolute atomic E-state index is 4.96. The van der Waals surface area contributed by atoms with Crippen molar-refractivity contribution < 1.29 is 9.15 Å². The van der Waals surface area contributed by atoms with Crippen molar-refractivity contribution in [1.29, 1.82) is 0 Å². The van der Waals surface area contributed by atoms with Crippen LogP contribution in [0.15, 0.2) is 48.5 Å². The summed E-state index contributed by atoms with van der Waals surface area (Å²) in [6.07, 6.45) is 39.2. The van der Waals surface area contributed by atoms with Crippen LogP contribution in [-0.4, -0.2) is 42.4 Å². The van der Waals surface area contributed by atoms with Crippen LogP contribution in [0.3, 0.4) is 0 Å². The molecule has 0 aliphatic carbocycles. The first-order valence-electron chi connectivity index (χ1n) is 27.4. The molecule has 0 N–H and O–H groups in total. The molecule has 2 aliphatic rings. The van der Waals surface area contributed by atoms with Gasteiger partial charge in [0.15, 0.2) is 11.4 Å². The fourth-order valence-electron chi connectivity index (χ4n) is 11.1. The summed E-state index contributed by atoms with van der Waals surface area (Å²) in [4.78, 5) is 0. The zero-order valence-electron chi connectivity index (χ0n) is 43.0. The van der Waals surface area contributed by atoms with Crippen LogP contribution in [0.2, 0.25) is 0 Å². The van der Waals surface area contributed by atoms with Gasteiger partial charge in [0.2, 0.25) is 11.4 Å². The number of unbranched alkanes of at least 4 members (excludes halogenated alkanes) is 26. The van der Waals surface area contributed by atoms with E-state index in [1.807, 2.05) is 0 Å². The minimum Gasteiger partial charge on any atom is -0.199 e. The number of hydrogen-bond donors (Lipinski definition) is 0. The minimum atomic E-state index is -0.00655. The highest BCUT2D eigenvalue weighted by molar-refractivity contribution is 7.00. The van der Waals surface area contributed by atoms with Gasteiger partial charge in [-0.15, -0.1) is 0 Å². The number of hydrogen-bond acceptors (Lipinski definition) is 3. The predicted molar refractivity (Wildman–Crippen MR) is 286 cm³/mol. The molecule has 6 rings (SSSR count). The molecule has 4 nitrogen and oxygen atoms in total. The molecule has 0 fully saturated rings. The van der Waals surface area contributed by atoms with E-state index in [1.54, 1.807) is 0 Å². The summed E-state index contributed by atoms with van der Waals surface area (Å²) >= 11 is 1.34. The van der Waals surface area contributed by atoms with Crippen LogP contribution in [-0.2, 0) is 10.8 Å². The molecular formula is C60H92N4S+2. The van der Waals surface area contributed by atoms with Gasteiger partial charge < -0.3 is 0 Å². The number of benzene rings is 3. The predicted octanol–water partition coefficient (Wildman–Crippen LogP) is 18.8. The molecule has 3 aromatic carbocycles. The number of rotatable bonds is 32. The van der Waals surface area contributed by atoms with Crippen molar-refractivity contribution in [3.63, 3.8) is 0 Å². The van der Waals surface area contributed by atoms with Crippen LogP contribution >= 0.6 is 11.7 Å². The van der Waals surface area contributed by atoms with E-state index in [-0.39, 0.29) is 10.8 Å². The Hall–Kier alpha value is -3.18. The maximum atomic E-state index is 4.96. The Morgan fingerprint density at radius 1 is 0.400 bits per heavy atom. The first-order chi connectivity index (χ1) is 31.6. The Labute approximate surface area is 402 Å². The summed E-state index contributed by atoms with van der Waals surface area (Å²) in [6.45, 7) is 21.2. The van der Waals surface area contributed by atoms with Gasteiger partial charge in [-0.1, -0.05) is 180 Å². The second-order valence-electron chi connectivity index (χ2n) is 21.5. The van der Waals surface area contributed by atoms with Crippen LogP contribution in [0.4, 0.5) is 11.4 Å². The molecule has 0 saturated carbocycles. The van der Waals surface area contributed by atoms with E-state index in [0.29, 0.717) is 0 Å². The summed E-state index contributed by atoms with van der Waals surface area (Å²) in [7, 11) is 0. The highest BCUT2D eigenvalue weighted by Crippen LogP contribution is 2.45. The van der Waals surface area contributed by atoms with E-state index in [1.165, 1.54) is 248 Å². The van der Waals surface area contributed by atoms with Crippen molar-refractivity contribution in [3.8, 4) is 22.3 Å². The largest absolute Gasteiger partial charge is 0.209 e. The smallest absolute Gasteiger partial charge is 0.199 e. The summed E-state index contributed by atoms with van der Waals surface area (Å²) in [6, 6.07) is 19.0. The third kappa shape index (κ3) is 13.3. The molecule has 356 valence electrons. The van der Waals surface area contributed by atoms with Gasteiger partial charge >= 0.3 is 0 Å². The Morgan fingerprint density at radius 3 is 1.00 bits per heavy atom. The SMILES string of the molecule is CCCCCCCCCCCCCCCC[N+]1=C(C)C(C)(C)c2cc(-c3ccc(-c4ccc5c(c4)C(C)(C)C(C)=[N+]5CCCCCCCCCCCCCCCC)c4nsnc34)ccc21. The van der Waals surface area contributed by atoms with Gasteiger partial charge in [0.1, 0.15) is 24.1 Å². The molecule has 3 heterocycles. The lowest BCUT2D eigenvalue weighted by Crippen LogP contribution is -2.26. The number of nitrogens with zero attached hydrogens (tertiary/aromatic N) is 4. The van der Waals surface area contributed by atoms with Crippen molar-refractivity contribution in [2.24, 2.45) is 0 Å². The Kier molecular flexibility index (Phi) is 20.3. The molecule has 0 unspecified atom stereocenters. The molecule has 4 aromatic rings. The highest BCUT2D eigenvalue weighted by Gasteiger charge is 2.44. The molecule has 1 aromatic heterocycles. The molecule has 65 heavy (non-hydrogen) atoms. The second kappa shape index (κ2) is 25.8. The van der Waals surface area contributed by atoms with Crippen molar-refractivity contribution in [3.05, 3.63) is 59.7 Å². The lowest BCUT2D eigenvalue weighted by atomic mass is 9.80. The standard InChI is InChI=1S/C60H92N4S/c1-9-11-13-15-17-19-21-23-25-27-29-31-33-35-43-63-47(3)59(5,6)53-45-49(37-41-55(53)63)51-39-40-52(58-57(51)61-65-62-58)50-38-42-56-54(46-50)60(7,8)48(4)64(56)44-36-34-32-30-28-26-24-22-20-18-16-14-12-10-2/h37-42,45-46H,9-36,43-44H2,1-8H3/q+2. The van der Waals surface area contributed by atoms with Gasteiger partial charge in [0.05, 0.1) is 22.6 Å². The molecule has 0 atom stereocenters. The summed E-state index contributed by atoms with van der Waals surface area (Å²) < 4.78 is 15.2. The second-order valence-corrected chi connectivity index (χ2v) is 22.0. The fraction of sp³-hybridized carbons (Fsp3) is 0.667. The maximum Gasteiger partial charge on any atom is 0.209 e. The van der Waals surface area contributed by atoms with Crippen molar-refractivity contribution in [2.75, 3.05) is 13.1 Å². The normalized spacial score (nSPS) is 15.2. The van der Waals surface area contributed by atoms with Gasteiger partial charge in [-0.05, 0) is 75.9 Å². The van der Waals surface area contributed by atoms with E-state index in [0.717, 1.165) is 24.1 Å². The van der Waals surface area contributed by atoms with Gasteiger partial charge in [-0.2, -0.15) is 17.9 Å². The molecule has 0 spiro atoms. The first-order valence-corrected chi connectivity index (χ1v) is 28.1.